The van der Waals surface area contributed by atoms with E-state index in [1.165, 1.54) is 6.07 Å². The molecule has 0 heterocycles. The molecule has 1 rings (SSSR count). The molecule has 3 nitrogen and oxygen atoms in total. The third-order valence-corrected chi connectivity index (χ3v) is 2.96. The molecule has 1 atom stereocenters. The Kier molecular flexibility index (Phi) is 4.75. The molecule has 0 aliphatic carbocycles. The first kappa shape index (κ1) is 15.0. The Hall–Kier alpha value is -1.08. The van der Waals surface area contributed by atoms with Gasteiger partial charge in [-0.05, 0) is 41.1 Å². The Morgan fingerprint density at radius 2 is 2.11 bits per heavy atom. The van der Waals surface area contributed by atoms with Gasteiger partial charge in [-0.2, -0.15) is 13.2 Å². The van der Waals surface area contributed by atoms with Crippen LogP contribution in [0.3, 0.4) is 0 Å². The third kappa shape index (κ3) is 3.71. The molecule has 0 saturated carbocycles. The first-order valence-electron chi connectivity index (χ1n) is 5.13. The molecule has 1 aromatic rings. The van der Waals surface area contributed by atoms with E-state index in [4.69, 9.17) is 5.73 Å². The van der Waals surface area contributed by atoms with Gasteiger partial charge in [-0.15, -0.1) is 0 Å². The predicted octanol–water partition coefficient (Wildman–Crippen LogP) is 2.54. The standard InChI is InChI=1S/C11H12BrF3N2O/c1-6(5-16)17-10(18)8-4-7(11(13,14)15)2-3-9(8)12/h2-4,6H,5,16H2,1H3,(H,17,18)/t6-/m1/s1. The highest BCUT2D eigenvalue weighted by atomic mass is 79.9. The van der Waals surface area contributed by atoms with Crippen molar-refractivity contribution in [3.63, 3.8) is 0 Å². The Bertz CT molecular complexity index is 448. The second-order valence-corrected chi connectivity index (χ2v) is 4.66. The molecular weight excluding hydrogens is 313 g/mol. The van der Waals surface area contributed by atoms with Crippen molar-refractivity contribution in [1.29, 1.82) is 0 Å². The zero-order valence-corrected chi connectivity index (χ0v) is 11.1. The van der Waals surface area contributed by atoms with Crippen molar-refractivity contribution in [3.05, 3.63) is 33.8 Å². The Morgan fingerprint density at radius 1 is 1.50 bits per heavy atom. The summed E-state index contributed by atoms with van der Waals surface area (Å²) >= 11 is 3.05. The fourth-order valence-corrected chi connectivity index (χ4v) is 1.66. The fraction of sp³-hybridized carbons (Fsp3) is 0.364. The van der Waals surface area contributed by atoms with Crippen molar-refractivity contribution in [2.75, 3.05) is 6.54 Å². The molecule has 0 aliphatic rings. The zero-order chi connectivity index (χ0) is 13.9. The van der Waals surface area contributed by atoms with E-state index in [1.807, 2.05) is 0 Å². The number of carbonyl (C=O) groups excluding carboxylic acids is 1. The van der Waals surface area contributed by atoms with Gasteiger partial charge in [-0.25, -0.2) is 0 Å². The molecular formula is C11H12BrF3N2O. The van der Waals surface area contributed by atoms with E-state index in [2.05, 4.69) is 21.2 Å². The van der Waals surface area contributed by atoms with Crippen LogP contribution in [0.5, 0.6) is 0 Å². The first-order chi connectivity index (χ1) is 8.25. The lowest BCUT2D eigenvalue weighted by molar-refractivity contribution is -0.137. The van der Waals surface area contributed by atoms with Crippen LogP contribution >= 0.6 is 15.9 Å². The second-order valence-electron chi connectivity index (χ2n) is 3.80. The van der Waals surface area contributed by atoms with Crippen LogP contribution in [-0.4, -0.2) is 18.5 Å². The second kappa shape index (κ2) is 5.71. The number of benzene rings is 1. The summed E-state index contributed by atoms with van der Waals surface area (Å²) in [7, 11) is 0. The first-order valence-corrected chi connectivity index (χ1v) is 5.92. The average molecular weight is 325 g/mol. The molecule has 0 bridgehead atoms. The van der Waals surface area contributed by atoms with E-state index in [1.54, 1.807) is 6.92 Å². The van der Waals surface area contributed by atoms with Gasteiger partial charge < -0.3 is 11.1 Å². The summed E-state index contributed by atoms with van der Waals surface area (Å²) in [5.74, 6) is -0.592. The van der Waals surface area contributed by atoms with Crippen molar-refractivity contribution < 1.29 is 18.0 Å². The van der Waals surface area contributed by atoms with Crippen molar-refractivity contribution in [1.82, 2.24) is 5.32 Å². The van der Waals surface area contributed by atoms with Crippen LogP contribution in [0.15, 0.2) is 22.7 Å². The maximum atomic E-state index is 12.5. The fourth-order valence-electron chi connectivity index (χ4n) is 1.24. The summed E-state index contributed by atoms with van der Waals surface area (Å²) < 4.78 is 37.9. The number of hydrogen-bond donors (Lipinski definition) is 2. The lowest BCUT2D eigenvalue weighted by Crippen LogP contribution is -2.38. The minimum Gasteiger partial charge on any atom is -0.348 e. The monoisotopic (exact) mass is 324 g/mol. The molecule has 3 N–H and O–H groups in total. The van der Waals surface area contributed by atoms with Crippen molar-refractivity contribution >= 4 is 21.8 Å². The van der Waals surface area contributed by atoms with E-state index in [0.717, 1.165) is 12.1 Å². The summed E-state index contributed by atoms with van der Waals surface area (Å²) in [5, 5.41) is 2.50. The summed E-state index contributed by atoms with van der Waals surface area (Å²) in [5.41, 5.74) is 4.40. The average Bonchev–Trinajstić information content (AvgIpc) is 2.27. The largest absolute Gasteiger partial charge is 0.416 e. The van der Waals surface area contributed by atoms with Gasteiger partial charge in [0.05, 0.1) is 11.1 Å². The van der Waals surface area contributed by atoms with E-state index < -0.39 is 17.6 Å². The van der Waals surface area contributed by atoms with Gasteiger partial charge >= 0.3 is 6.18 Å². The Morgan fingerprint density at radius 3 is 2.61 bits per heavy atom. The number of halogens is 4. The molecule has 7 heteroatoms. The lowest BCUT2D eigenvalue weighted by atomic mass is 10.1. The van der Waals surface area contributed by atoms with Crippen molar-refractivity contribution in [3.8, 4) is 0 Å². The molecule has 0 aliphatic heterocycles. The minimum absolute atomic E-state index is 0.0647. The SMILES string of the molecule is C[C@H](CN)NC(=O)c1cc(C(F)(F)F)ccc1Br. The maximum Gasteiger partial charge on any atom is 0.416 e. The highest BCUT2D eigenvalue weighted by molar-refractivity contribution is 9.10. The van der Waals surface area contributed by atoms with Gasteiger partial charge in [0.1, 0.15) is 0 Å². The van der Waals surface area contributed by atoms with Crippen LogP contribution in [0.1, 0.15) is 22.8 Å². The maximum absolute atomic E-state index is 12.5. The van der Waals surface area contributed by atoms with E-state index in [0.29, 0.717) is 4.47 Å². The molecule has 1 amide bonds. The third-order valence-electron chi connectivity index (χ3n) is 2.27. The summed E-state index contributed by atoms with van der Waals surface area (Å²) in [6, 6.07) is 2.61. The predicted molar refractivity (Wildman–Crippen MR) is 65.1 cm³/mol. The molecule has 0 aromatic heterocycles. The van der Waals surface area contributed by atoms with Crippen LogP contribution in [0.25, 0.3) is 0 Å². The topological polar surface area (TPSA) is 55.1 Å². The quantitative estimate of drug-likeness (QED) is 0.897. The zero-order valence-electron chi connectivity index (χ0n) is 9.51. The van der Waals surface area contributed by atoms with Crippen molar-refractivity contribution in [2.24, 2.45) is 5.73 Å². The summed E-state index contributed by atoms with van der Waals surface area (Å²) in [6.07, 6.45) is -4.48. The molecule has 0 spiro atoms. The number of hydrogen-bond acceptors (Lipinski definition) is 2. The highest BCUT2D eigenvalue weighted by Gasteiger charge is 2.31. The van der Waals surface area contributed by atoms with Crippen LogP contribution in [0.2, 0.25) is 0 Å². The van der Waals surface area contributed by atoms with Gasteiger partial charge in [0.2, 0.25) is 0 Å². The Balaban J connectivity index is 3.04. The van der Waals surface area contributed by atoms with Gasteiger partial charge in [0.25, 0.3) is 5.91 Å². The lowest BCUT2D eigenvalue weighted by Gasteiger charge is -2.14. The van der Waals surface area contributed by atoms with E-state index in [-0.39, 0.29) is 18.2 Å². The van der Waals surface area contributed by atoms with Gasteiger partial charge in [-0.1, -0.05) is 0 Å². The molecule has 1 aromatic carbocycles. The molecule has 0 unspecified atom stereocenters. The Labute approximate surface area is 111 Å². The van der Waals surface area contributed by atoms with Crippen LogP contribution < -0.4 is 11.1 Å². The number of nitrogens with one attached hydrogen (secondary N) is 1. The highest BCUT2D eigenvalue weighted by Crippen LogP contribution is 2.31. The van der Waals surface area contributed by atoms with Gasteiger partial charge in [-0.3, -0.25) is 4.79 Å². The molecule has 0 saturated heterocycles. The molecule has 0 fully saturated rings. The van der Waals surface area contributed by atoms with Crippen molar-refractivity contribution in [2.45, 2.75) is 19.1 Å². The van der Waals surface area contributed by atoms with E-state index >= 15 is 0 Å². The summed E-state index contributed by atoms with van der Waals surface area (Å²) in [4.78, 5) is 11.7. The van der Waals surface area contributed by atoms with Crippen LogP contribution in [0.4, 0.5) is 13.2 Å². The van der Waals surface area contributed by atoms with Crippen LogP contribution in [0, 0.1) is 0 Å². The number of amides is 1. The minimum atomic E-state index is -4.48. The molecule has 100 valence electrons. The molecule has 18 heavy (non-hydrogen) atoms. The normalized spacial score (nSPS) is 13.2. The smallest absolute Gasteiger partial charge is 0.348 e. The van der Waals surface area contributed by atoms with E-state index in [9.17, 15) is 18.0 Å². The van der Waals surface area contributed by atoms with Crippen LogP contribution in [-0.2, 0) is 6.18 Å². The number of rotatable bonds is 3. The number of nitrogens with two attached hydrogens (primary N) is 1. The summed E-state index contributed by atoms with van der Waals surface area (Å²) in [6.45, 7) is 1.88. The molecule has 0 radical (unpaired) electrons. The number of carbonyl (C=O) groups is 1. The van der Waals surface area contributed by atoms with Gasteiger partial charge in [0.15, 0.2) is 0 Å². The van der Waals surface area contributed by atoms with Gasteiger partial charge in [0, 0.05) is 17.1 Å². The number of alkyl halides is 3.